The van der Waals surface area contributed by atoms with Gasteiger partial charge >= 0.3 is 0 Å². The highest BCUT2D eigenvalue weighted by Gasteiger charge is 2.74. The van der Waals surface area contributed by atoms with Gasteiger partial charge in [-0.05, 0) is 63.0 Å². The van der Waals surface area contributed by atoms with Crippen molar-refractivity contribution >= 4 is 10.1 Å². The molecule has 3 aliphatic rings. The third-order valence-electron chi connectivity index (χ3n) is 5.94. The second-order valence-electron chi connectivity index (χ2n) is 6.87. The summed E-state index contributed by atoms with van der Waals surface area (Å²) in [6.07, 6.45) is 3.97. The molecule has 4 rings (SSSR count). The molecule has 0 aliphatic heterocycles. The van der Waals surface area contributed by atoms with Crippen molar-refractivity contribution < 1.29 is 17.7 Å². The fourth-order valence-corrected chi connectivity index (χ4v) is 6.21. The molecule has 0 saturated heterocycles. The van der Waals surface area contributed by atoms with Crippen LogP contribution in [0.2, 0.25) is 0 Å². The normalized spacial score (nSPS) is 40.9. The number of aryl methyl sites for hydroxylation is 1. The molecule has 0 spiro atoms. The molecule has 0 amide bonds. The molecule has 0 unspecified atom stereocenters. The van der Waals surface area contributed by atoms with E-state index in [1.54, 1.807) is 24.3 Å². The van der Waals surface area contributed by atoms with Gasteiger partial charge in [-0.1, -0.05) is 17.7 Å². The molecule has 5 heteroatoms. The second-order valence-corrected chi connectivity index (χ2v) is 8.42. The summed E-state index contributed by atoms with van der Waals surface area (Å²) >= 11 is 0. The molecule has 21 heavy (non-hydrogen) atoms. The lowest BCUT2D eigenvalue weighted by molar-refractivity contribution is -0.0922. The van der Waals surface area contributed by atoms with Crippen LogP contribution in [0.1, 0.15) is 37.7 Å². The first-order chi connectivity index (χ1) is 9.87. The molecule has 1 aromatic carbocycles. The van der Waals surface area contributed by atoms with Crippen molar-refractivity contribution in [3.8, 4) is 0 Å². The Morgan fingerprint density at radius 3 is 2.43 bits per heavy atom. The van der Waals surface area contributed by atoms with Gasteiger partial charge < -0.3 is 5.11 Å². The maximum atomic E-state index is 12.6. The molecule has 3 aliphatic carbocycles. The van der Waals surface area contributed by atoms with Crippen LogP contribution < -0.4 is 0 Å². The number of hydrogen-bond acceptors (Lipinski definition) is 4. The largest absolute Gasteiger partial charge is 0.387 e. The molecule has 4 atom stereocenters. The quantitative estimate of drug-likeness (QED) is 0.871. The van der Waals surface area contributed by atoms with Crippen LogP contribution in [0.3, 0.4) is 0 Å². The molecule has 0 radical (unpaired) electrons. The number of rotatable bonds is 3. The predicted octanol–water partition coefficient (Wildman–Crippen LogP) is 2.39. The highest BCUT2D eigenvalue weighted by molar-refractivity contribution is 7.86. The van der Waals surface area contributed by atoms with Crippen molar-refractivity contribution in [1.82, 2.24) is 0 Å². The minimum Gasteiger partial charge on any atom is -0.387 e. The Morgan fingerprint density at radius 2 is 1.81 bits per heavy atom. The van der Waals surface area contributed by atoms with Crippen LogP contribution in [0.5, 0.6) is 0 Å². The molecule has 114 valence electrons. The van der Waals surface area contributed by atoms with Crippen molar-refractivity contribution in [2.24, 2.45) is 11.8 Å². The van der Waals surface area contributed by atoms with E-state index in [0.29, 0.717) is 12.8 Å². The van der Waals surface area contributed by atoms with Crippen LogP contribution in [0.15, 0.2) is 29.2 Å². The summed E-state index contributed by atoms with van der Waals surface area (Å²) in [6.45, 7) is 1.91. The first-order valence-electron chi connectivity index (χ1n) is 7.62. The van der Waals surface area contributed by atoms with Crippen LogP contribution in [0, 0.1) is 18.8 Å². The second kappa shape index (κ2) is 4.09. The maximum absolute atomic E-state index is 12.6. The van der Waals surface area contributed by atoms with E-state index in [2.05, 4.69) is 0 Å². The van der Waals surface area contributed by atoms with Gasteiger partial charge in [0.1, 0.15) is 5.60 Å². The van der Waals surface area contributed by atoms with Gasteiger partial charge in [-0.2, -0.15) is 8.42 Å². The summed E-state index contributed by atoms with van der Waals surface area (Å²) in [6, 6.07) is 6.69. The highest BCUT2D eigenvalue weighted by atomic mass is 32.2. The minimum atomic E-state index is -3.83. The first kappa shape index (κ1) is 13.7. The summed E-state index contributed by atoms with van der Waals surface area (Å²) < 4.78 is 30.9. The van der Waals surface area contributed by atoms with E-state index in [1.807, 2.05) is 6.92 Å². The van der Waals surface area contributed by atoms with Gasteiger partial charge in [-0.15, -0.1) is 0 Å². The monoisotopic (exact) mass is 308 g/mol. The van der Waals surface area contributed by atoms with E-state index < -0.39 is 21.3 Å². The zero-order valence-corrected chi connectivity index (χ0v) is 12.9. The van der Waals surface area contributed by atoms with Crippen LogP contribution in [0.25, 0.3) is 0 Å². The average molecular weight is 308 g/mol. The van der Waals surface area contributed by atoms with Gasteiger partial charge in [0.15, 0.2) is 0 Å². The Labute approximate surface area is 125 Å². The fourth-order valence-electron chi connectivity index (χ4n) is 4.89. The fraction of sp³-hybridized carbons (Fsp3) is 0.625. The lowest BCUT2D eigenvalue weighted by Gasteiger charge is -2.35. The molecule has 4 bridgehead atoms. The molecular weight excluding hydrogens is 288 g/mol. The van der Waals surface area contributed by atoms with Gasteiger partial charge in [0.25, 0.3) is 10.1 Å². The van der Waals surface area contributed by atoms with Crippen molar-refractivity contribution in [3.05, 3.63) is 29.8 Å². The summed E-state index contributed by atoms with van der Waals surface area (Å²) in [7, 11) is -3.83. The lowest BCUT2D eigenvalue weighted by Crippen LogP contribution is -2.49. The third kappa shape index (κ3) is 1.65. The highest BCUT2D eigenvalue weighted by Crippen LogP contribution is 2.68. The zero-order chi connectivity index (χ0) is 14.9. The van der Waals surface area contributed by atoms with Crippen LogP contribution in [-0.4, -0.2) is 24.7 Å². The molecule has 4 nitrogen and oxygen atoms in total. The Balaban J connectivity index is 1.71. The number of aliphatic hydroxyl groups is 1. The summed E-state index contributed by atoms with van der Waals surface area (Å²) in [5.41, 5.74) is -0.802. The van der Waals surface area contributed by atoms with Crippen LogP contribution in [0.4, 0.5) is 0 Å². The van der Waals surface area contributed by atoms with E-state index in [0.717, 1.165) is 24.8 Å². The van der Waals surface area contributed by atoms with E-state index in [1.165, 1.54) is 0 Å². The summed E-state index contributed by atoms with van der Waals surface area (Å²) in [5.74, 6) is 0.394. The molecule has 1 N–H and O–H groups in total. The van der Waals surface area contributed by atoms with Crippen molar-refractivity contribution in [1.29, 1.82) is 0 Å². The minimum absolute atomic E-state index is 0.181. The number of hydrogen-bond donors (Lipinski definition) is 1. The van der Waals surface area contributed by atoms with Gasteiger partial charge in [0, 0.05) is 0 Å². The third-order valence-corrected chi connectivity index (χ3v) is 7.31. The van der Waals surface area contributed by atoms with Crippen molar-refractivity contribution in [2.45, 2.75) is 55.1 Å². The average Bonchev–Trinajstić information content (AvgIpc) is 2.94. The lowest BCUT2D eigenvalue weighted by atomic mass is 9.84. The van der Waals surface area contributed by atoms with Gasteiger partial charge in [0.05, 0.1) is 10.5 Å². The van der Waals surface area contributed by atoms with Gasteiger partial charge in [-0.3, -0.25) is 4.18 Å². The molecule has 3 saturated carbocycles. The Kier molecular flexibility index (Phi) is 2.67. The SMILES string of the molecule is Cc1ccc(S(=O)(=O)O[C@@]23CC[C@H]4C[C@H]2CC[C@@]43O)cc1. The predicted molar refractivity (Wildman–Crippen MR) is 77.2 cm³/mol. The first-order valence-corrected chi connectivity index (χ1v) is 9.03. The molecule has 0 aromatic heterocycles. The zero-order valence-electron chi connectivity index (χ0n) is 12.1. The summed E-state index contributed by atoms with van der Waals surface area (Å²) in [5, 5.41) is 11.0. The Morgan fingerprint density at radius 1 is 1.14 bits per heavy atom. The van der Waals surface area contributed by atoms with Crippen molar-refractivity contribution in [2.75, 3.05) is 0 Å². The van der Waals surface area contributed by atoms with E-state index in [-0.39, 0.29) is 16.7 Å². The number of benzene rings is 1. The van der Waals surface area contributed by atoms with Gasteiger partial charge in [0.2, 0.25) is 0 Å². The van der Waals surface area contributed by atoms with Gasteiger partial charge in [-0.25, -0.2) is 0 Å². The topological polar surface area (TPSA) is 63.6 Å². The molecule has 1 aromatic rings. The summed E-state index contributed by atoms with van der Waals surface area (Å²) in [4.78, 5) is 0.181. The Hall–Kier alpha value is -0.910. The van der Waals surface area contributed by atoms with E-state index >= 15 is 0 Å². The van der Waals surface area contributed by atoms with E-state index in [9.17, 15) is 13.5 Å². The smallest absolute Gasteiger partial charge is 0.297 e. The van der Waals surface area contributed by atoms with Crippen molar-refractivity contribution in [3.63, 3.8) is 0 Å². The maximum Gasteiger partial charge on any atom is 0.297 e. The Bertz CT molecular complexity index is 681. The van der Waals surface area contributed by atoms with Crippen LogP contribution >= 0.6 is 0 Å². The van der Waals surface area contributed by atoms with Crippen LogP contribution in [-0.2, 0) is 14.3 Å². The standard InChI is InChI=1S/C16H20O4S/c1-11-2-4-14(5-3-11)21(18,19)20-16-9-7-12-10-13(16)6-8-15(12,16)17/h2-5,12-13,17H,6-10H2,1H3/t12-,13+,15+,16-/m0/s1. The molecule has 3 fully saturated rings. The molecular formula is C16H20O4S. The van der Waals surface area contributed by atoms with E-state index in [4.69, 9.17) is 4.18 Å². The molecule has 0 heterocycles.